The number of carbonyl (C=O) groups is 1. The SMILES string of the molecule is CC(=O)[C@H]1Cc2ccccc2N1S(=O)(=O)c1cccc2c(N(C)C)cccc12.S. The number of carbonyl (C=O) groups excluding carboxylic acids is 1. The Morgan fingerprint density at radius 3 is 2.31 bits per heavy atom. The molecule has 0 bridgehead atoms. The summed E-state index contributed by atoms with van der Waals surface area (Å²) in [7, 11) is -0.0633. The van der Waals surface area contributed by atoms with Crippen LogP contribution in [-0.2, 0) is 21.2 Å². The molecular formula is C22H24N2O3S2. The first-order valence-electron chi connectivity index (χ1n) is 9.14. The third-order valence-corrected chi connectivity index (χ3v) is 7.15. The number of rotatable bonds is 4. The van der Waals surface area contributed by atoms with Crippen molar-refractivity contribution in [1.82, 2.24) is 0 Å². The molecule has 0 unspecified atom stereocenters. The third kappa shape index (κ3) is 3.38. The van der Waals surface area contributed by atoms with Gasteiger partial charge in [-0.25, -0.2) is 8.42 Å². The summed E-state index contributed by atoms with van der Waals surface area (Å²) < 4.78 is 28.8. The lowest BCUT2D eigenvalue weighted by atomic mass is 10.1. The summed E-state index contributed by atoms with van der Waals surface area (Å²) in [5.74, 6) is -0.158. The van der Waals surface area contributed by atoms with Crippen LogP contribution < -0.4 is 9.21 Å². The molecule has 0 spiro atoms. The molecule has 1 heterocycles. The number of sulfonamides is 1. The van der Waals surface area contributed by atoms with Gasteiger partial charge in [0.2, 0.25) is 0 Å². The van der Waals surface area contributed by atoms with Crippen molar-refractivity contribution < 1.29 is 13.2 Å². The van der Waals surface area contributed by atoms with Crippen molar-refractivity contribution in [2.24, 2.45) is 0 Å². The van der Waals surface area contributed by atoms with Crippen LogP contribution in [0.1, 0.15) is 12.5 Å². The Morgan fingerprint density at radius 2 is 1.62 bits per heavy atom. The molecule has 0 aliphatic carbocycles. The zero-order valence-electron chi connectivity index (χ0n) is 16.6. The van der Waals surface area contributed by atoms with Gasteiger partial charge in [0.15, 0.2) is 5.78 Å². The van der Waals surface area contributed by atoms with Crippen molar-refractivity contribution in [1.29, 1.82) is 0 Å². The van der Waals surface area contributed by atoms with E-state index < -0.39 is 16.1 Å². The van der Waals surface area contributed by atoms with Crippen LogP contribution in [0.2, 0.25) is 0 Å². The molecule has 0 radical (unpaired) electrons. The van der Waals surface area contributed by atoms with Gasteiger partial charge in [-0.15, -0.1) is 0 Å². The molecule has 3 aromatic rings. The second-order valence-electron chi connectivity index (χ2n) is 7.28. The van der Waals surface area contributed by atoms with Gasteiger partial charge in [0.05, 0.1) is 10.6 Å². The number of Topliss-reactive ketones (excluding diaryl/α,β-unsaturated/α-hetero) is 1. The molecule has 0 amide bonds. The van der Waals surface area contributed by atoms with E-state index in [0.29, 0.717) is 17.5 Å². The van der Waals surface area contributed by atoms with Crippen molar-refractivity contribution in [3.8, 4) is 0 Å². The average Bonchev–Trinajstić information content (AvgIpc) is 3.07. The number of benzene rings is 3. The number of hydrogen-bond donors (Lipinski definition) is 0. The zero-order valence-corrected chi connectivity index (χ0v) is 18.4. The standard InChI is InChI=1S/C22H22N2O3S.H2S/c1-15(25)21-14-16-8-4-5-11-19(16)24(21)28(26,27)22-13-7-9-17-18(22)10-6-12-20(17)23(2)3;/h4-13,21H,14H2,1-3H3;1H2/t21-;/m1./s1. The van der Waals surface area contributed by atoms with Crippen LogP contribution in [0.4, 0.5) is 11.4 Å². The van der Waals surface area contributed by atoms with Gasteiger partial charge in [-0.2, -0.15) is 13.5 Å². The van der Waals surface area contributed by atoms with E-state index in [1.807, 2.05) is 55.4 Å². The first kappa shape index (κ1) is 21.2. The molecule has 152 valence electrons. The fraction of sp³-hybridized carbons (Fsp3) is 0.227. The summed E-state index contributed by atoms with van der Waals surface area (Å²) in [6, 6.07) is 17.5. The van der Waals surface area contributed by atoms with Gasteiger partial charge in [0.25, 0.3) is 10.0 Å². The van der Waals surface area contributed by atoms with E-state index in [0.717, 1.165) is 16.6 Å². The van der Waals surface area contributed by atoms with E-state index in [1.165, 1.54) is 11.2 Å². The Hall–Kier alpha value is -2.51. The van der Waals surface area contributed by atoms with Gasteiger partial charge in [-0.3, -0.25) is 9.10 Å². The maximum atomic E-state index is 13.8. The highest BCUT2D eigenvalue weighted by atomic mass is 32.2. The van der Waals surface area contributed by atoms with E-state index in [9.17, 15) is 13.2 Å². The number of nitrogens with zero attached hydrogens (tertiary/aromatic N) is 2. The van der Waals surface area contributed by atoms with Gasteiger partial charge in [-0.05, 0) is 30.7 Å². The van der Waals surface area contributed by atoms with Crippen LogP contribution in [0, 0.1) is 0 Å². The van der Waals surface area contributed by atoms with Crippen LogP contribution in [0.15, 0.2) is 65.6 Å². The Bertz CT molecular complexity index is 1190. The molecule has 4 rings (SSSR count). The summed E-state index contributed by atoms with van der Waals surface area (Å²) in [6.45, 7) is 1.45. The van der Waals surface area contributed by atoms with Gasteiger partial charge >= 0.3 is 0 Å². The molecule has 0 saturated heterocycles. The molecule has 1 aliphatic rings. The Morgan fingerprint density at radius 1 is 0.966 bits per heavy atom. The molecule has 3 aromatic carbocycles. The highest BCUT2D eigenvalue weighted by Gasteiger charge is 2.41. The molecule has 0 aromatic heterocycles. The summed E-state index contributed by atoms with van der Waals surface area (Å²) in [5.41, 5.74) is 2.41. The molecule has 29 heavy (non-hydrogen) atoms. The van der Waals surface area contributed by atoms with Crippen LogP contribution in [0.3, 0.4) is 0 Å². The normalized spacial score (nSPS) is 15.7. The fourth-order valence-electron chi connectivity index (χ4n) is 3.95. The van der Waals surface area contributed by atoms with Crippen LogP contribution >= 0.6 is 13.5 Å². The highest BCUT2D eigenvalue weighted by Crippen LogP contribution is 2.39. The first-order chi connectivity index (χ1) is 13.3. The van der Waals surface area contributed by atoms with Gasteiger partial charge < -0.3 is 4.90 Å². The number of ketones is 1. The maximum absolute atomic E-state index is 13.8. The van der Waals surface area contributed by atoms with E-state index in [-0.39, 0.29) is 24.2 Å². The molecular weight excluding hydrogens is 404 g/mol. The van der Waals surface area contributed by atoms with Gasteiger partial charge in [0.1, 0.15) is 6.04 Å². The summed E-state index contributed by atoms with van der Waals surface area (Å²) in [6.07, 6.45) is 0.401. The smallest absolute Gasteiger partial charge is 0.265 e. The largest absolute Gasteiger partial charge is 0.377 e. The Balaban J connectivity index is 0.00000240. The van der Waals surface area contributed by atoms with Crippen LogP contribution in [0.5, 0.6) is 0 Å². The predicted molar refractivity (Wildman–Crippen MR) is 123 cm³/mol. The topological polar surface area (TPSA) is 57.7 Å². The Kier molecular flexibility index (Phi) is 5.65. The molecule has 1 aliphatic heterocycles. The molecule has 0 N–H and O–H groups in total. The van der Waals surface area contributed by atoms with Gasteiger partial charge in [0, 0.05) is 37.0 Å². The van der Waals surface area contributed by atoms with Crippen LogP contribution in [-0.4, -0.2) is 34.3 Å². The van der Waals surface area contributed by atoms with Crippen LogP contribution in [0.25, 0.3) is 10.8 Å². The van der Waals surface area contributed by atoms with Crippen molar-refractivity contribution in [3.63, 3.8) is 0 Å². The van der Waals surface area contributed by atoms with Crippen molar-refractivity contribution in [2.75, 3.05) is 23.3 Å². The monoisotopic (exact) mass is 428 g/mol. The number of fused-ring (bicyclic) bond motifs is 2. The second kappa shape index (κ2) is 7.72. The van der Waals surface area contributed by atoms with E-state index in [4.69, 9.17) is 0 Å². The second-order valence-corrected chi connectivity index (χ2v) is 9.07. The van der Waals surface area contributed by atoms with Crippen molar-refractivity contribution >= 4 is 51.4 Å². The number of anilines is 2. The minimum absolute atomic E-state index is 0. The Labute approximate surface area is 178 Å². The van der Waals surface area contributed by atoms with E-state index in [2.05, 4.69) is 0 Å². The fourth-order valence-corrected chi connectivity index (χ4v) is 5.86. The molecule has 1 atom stereocenters. The average molecular weight is 429 g/mol. The van der Waals surface area contributed by atoms with Crippen molar-refractivity contribution in [3.05, 3.63) is 66.2 Å². The lowest BCUT2D eigenvalue weighted by molar-refractivity contribution is -0.117. The third-order valence-electron chi connectivity index (χ3n) is 5.27. The lowest BCUT2D eigenvalue weighted by Crippen LogP contribution is -2.42. The minimum atomic E-state index is -3.92. The minimum Gasteiger partial charge on any atom is -0.377 e. The summed E-state index contributed by atoms with van der Waals surface area (Å²) in [4.78, 5) is 14.5. The lowest BCUT2D eigenvalue weighted by Gasteiger charge is -2.26. The number of hydrogen-bond acceptors (Lipinski definition) is 4. The first-order valence-corrected chi connectivity index (χ1v) is 10.6. The van der Waals surface area contributed by atoms with E-state index in [1.54, 1.807) is 24.3 Å². The zero-order chi connectivity index (χ0) is 20.1. The highest BCUT2D eigenvalue weighted by molar-refractivity contribution is 7.93. The van der Waals surface area contributed by atoms with E-state index >= 15 is 0 Å². The summed E-state index contributed by atoms with van der Waals surface area (Å²) in [5, 5.41) is 1.51. The number of para-hydroxylation sites is 1. The van der Waals surface area contributed by atoms with Crippen molar-refractivity contribution in [2.45, 2.75) is 24.3 Å². The predicted octanol–water partition coefficient (Wildman–Crippen LogP) is 3.73. The van der Waals surface area contributed by atoms with Gasteiger partial charge in [-0.1, -0.05) is 42.5 Å². The maximum Gasteiger partial charge on any atom is 0.265 e. The summed E-state index contributed by atoms with van der Waals surface area (Å²) >= 11 is 0. The molecule has 0 fully saturated rings. The molecule has 7 heteroatoms. The molecule has 0 saturated carbocycles. The quantitative estimate of drug-likeness (QED) is 0.635. The molecule has 5 nitrogen and oxygen atoms in total.